The Bertz CT molecular complexity index is 270. The minimum atomic E-state index is -0.107. The van der Waals surface area contributed by atoms with Crippen molar-refractivity contribution in [3.8, 4) is 6.07 Å². The third-order valence-electron chi connectivity index (χ3n) is 3.98. The number of nitriles is 1. The van der Waals surface area contributed by atoms with Crippen LogP contribution in [0.25, 0.3) is 0 Å². The Morgan fingerprint density at radius 1 is 1.35 bits per heavy atom. The van der Waals surface area contributed by atoms with Crippen molar-refractivity contribution in [3.63, 3.8) is 0 Å². The first-order valence-electron chi connectivity index (χ1n) is 7.09. The maximum absolute atomic E-state index is 9.04. The van der Waals surface area contributed by atoms with Crippen molar-refractivity contribution in [2.75, 3.05) is 6.61 Å². The molecule has 0 aliphatic heterocycles. The zero-order chi connectivity index (χ0) is 12.1. The van der Waals surface area contributed by atoms with Crippen LogP contribution in [0.2, 0.25) is 0 Å². The maximum atomic E-state index is 9.04. The van der Waals surface area contributed by atoms with E-state index in [2.05, 4.69) is 18.3 Å². The van der Waals surface area contributed by atoms with E-state index in [1.165, 1.54) is 44.9 Å². The molecule has 0 amide bonds. The van der Waals surface area contributed by atoms with E-state index in [1.54, 1.807) is 0 Å². The second-order valence-corrected chi connectivity index (χ2v) is 5.52. The fraction of sp³-hybridized carbons (Fsp3) is 0.929. The smallest absolute Gasteiger partial charge is 0.119 e. The highest BCUT2D eigenvalue weighted by atomic mass is 16.5. The highest BCUT2D eigenvalue weighted by Crippen LogP contribution is 2.28. The van der Waals surface area contributed by atoms with Gasteiger partial charge in [0.15, 0.2) is 0 Å². The lowest BCUT2D eigenvalue weighted by molar-refractivity contribution is 0.00730. The summed E-state index contributed by atoms with van der Waals surface area (Å²) < 4.78 is 5.91. The summed E-state index contributed by atoms with van der Waals surface area (Å²) in [5, 5.41) is 12.4. The van der Waals surface area contributed by atoms with Gasteiger partial charge < -0.3 is 4.74 Å². The van der Waals surface area contributed by atoms with Gasteiger partial charge in [0.2, 0.25) is 0 Å². The molecule has 0 heterocycles. The lowest BCUT2D eigenvalue weighted by atomic mass is 9.85. The Balaban J connectivity index is 1.67. The van der Waals surface area contributed by atoms with Gasteiger partial charge in [0, 0.05) is 6.04 Å². The van der Waals surface area contributed by atoms with Crippen molar-refractivity contribution in [3.05, 3.63) is 0 Å². The Hall–Kier alpha value is -0.590. The number of nitrogens with zero attached hydrogens (tertiary/aromatic N) is 1. The second-order valence-electron chi connectivity index (χ2n) is 5.52. The van der Waals surface area contributed by atoms with E-state index in [1.807, 2.05) is 0 Å². The van der Waals surface area contributed by atoms with Crippen molar-refractivity contribution in [2.24, 2.45) is 5.92 Å². The standard InChI is InChI=1S/C14H24N2O/c1-2-11-4-3-5-14(8-11)17-10-13(9-15)16-12-6-7-12/h11-14,16H,2-8,10H2,1H3. The monoisotopic (exact) mass is 236 g/mol. The number of rotatable bonds is 6. The van der Waals surface area contributed by atoms with Crippen LogP contribution in [-0.4, -0.2) is 24.8 Å². The molecule has 2 saturated carbocycles. The summed E-state index contributed by atoms with van der Waals surface area (Å²) >= 11 is 0. The molecule has 0 radical (unpaired) electrons. The first-order chi connectivity index (χ1) is 8.31. The van der Waals surface area contributed by atoms with E-state index in [-0.39, 0.29) is 6.04 Å². The fourth-order valence-electron chi connectivity index (χ4n) is 2.65. The molecule has 0 spiro atoms. The van der Waals surface area contributed by atoms with Crippen LogP contribution in [0.4, 0.5) is 0 Å². The molecule has 3 heteroatoms. The molecule has 0 aromatic heterocycles. The van der Waals surface area contributed by atoms with Gasteiger partial charge >= 0.3 is 0 Å². The zero-order valence-corrected chi connectivity index (χ0v) is 10.8. The molecule has 3 unspecified atom stereocenters. The Morgan fingerprint density at radius 3 is 2.82 bits per heavy atom. The van der Waals surface area contributed by atoms with Crippen molar-refractivity contribution >= 4 is 0 Å². The minimum absolute atomic E-state index is 0.107. The van der Waals surface area contributed by atoms with Crippen LogP contribution in [0.5, 0.6) is 0 Å². The minimum Gasteiger partial charge on any atom is -0.375 e. The van der Waals surface area contributed by atoms with E-state index in [4.69, 9.17) is 10.00 Å². The van der Waals surface area contributed by atoms with E-state index in [9.17, 15) is 0 Å². The maximum Gasteiger partial charge on any atom is 0.119 e. The van der Waals surface area contributed by atoms with E-state index in [0.29, 0.717) is 18.8 Å². The number of nitrogens with one attached hydrogen (secondary N) is 1. The van der Waals surface area contributed by atoms with Crippen LogP contribution in [0.15, 0.2) is 0 Å². The van der Waals surface area contributed by atoms with Crippen LogP contribution < -0.4 is 5.32 Å². The van der Waals surface area contributed by atoms with Crippen LogP contribution in [0.1, 0.15) is 51.9 Å². The Labute approximate surface area is 105 Å². The average Bonchev–Trinajstić information content (AvgIpc) is 3.18. The lowest BCUT2D eigenvalue weighted by Gasteiger charge is -2.29. The van der Waals surface area contributed by atoms with Crippen molar-refractivity contribution in [2.45, 2.75) is 70.1 Å². The predicted molar refractivity (Wildman–Crippen MR) is 67.5 cm³/mol. The van der Waals surface area contributed by atoms with Gasteiger partial charge in [0.25, 0.3) is 0 Å². The molecule has 2 rings (SSSR count). The van der Waals surface area contributed by atoms with Gasteiger partial charge in [0.05, 0.1) is 18.8 Å². The van der Waals surface area contributed by atoms with Crippen LogP contribution in [-0.2, 0) is 4.74 Å². The summed E-state index contributed by atoms with van der Waals surface area (Å²) in [7, 11) is 0. The Kier molecular flexibility index (Phi) is 4.82. The summed E-state index contributed by atoms with van der Waals surface area (Å²) in [6, 6.07) is 2.78. The summed E-state index contributed by atoms with van der Waals surface area (Å²) in [4.78, 5) is 0. The highest BCUT2D eigenvalue weighted by Gasteiger charge is 2.26. The summed E-state index contributed by atoms with van der Waals surface area (Å²) in [5.41, 5.74) is 0. The fourth-order valence-corrected chi connectivity index (χ4v) is 2.65. The van der Waals surface area contributed by atoms with E-state index < -0.39 is 0 Å². The third kappa shape index (κ3) is 4.29. The molecule has 1 N–H and O–H groups in total. The van der Waals surface area contributed by atoms with E-state index in [0.717, 1.165) is 5.92 Å². The molecule has 2 fully saturated rings. The zero-order valence-electron chi connectivity index (χ0n) is 10.8. The molecule has 3 nitrogen and oxygen atoms in total. The molecule has 0 aromatic carbocycles. The highest BCUT2D eigenvalue weighted by molar-refractivity contribution is 4.96. The molecule has 96 valence electrons. The number of hydrogen-bond acceptors (Lipinski definition) is 3. The number of hydrogen-bond donors (Lipinski definition) is 1. The quantitative estimate of drug-likeness (QED) is 0.771. The van der Waals surface area contributed by atoms with Gasteiger partial charge in [-0.1, -0.05) is 26.2 Å². The molecular weight excluding hydrogens is 212 g/mol. The van der Waals surface area contributed by atoms with Gasteiger partial charge in [-0.2, -0.15) is 5.26 Å². The second kappa shape index (κ2) is 6.37. The third-order valence-corrected chi connectivity index (χ3v) is 3.98. The lowest BCUT2D eigenvalue weighted by Crippen LogP contribution is -2.36. The molecule has 0 aromatic rings. The molecule has 0 saturated heterocycles. The Morgan fingerprint density at radius 2 is 2.18 bits per heavy atom. The largest absolute Gasteiger partial charge is 0.375 e. The number of ether oxygens (including phenoxy) is 1. The molecule has 2 aliphatic rings. The summed E-state index contributed by atoms with van der Waals surface area (Å²) in [6.07, 6.45) is 9.12. The van der Waals surface area contributed by atoms with Crippen molar-refractivity contribution in [1.29, 1.82) is 5.26 Å². The normalized spacial score (nSPS) is 30.8. The van der Waals surface area contributed by atoms with Gasteiger partial charge in [-0.05, 0) is 31.6 Å². The molecule has 17 heavy (non-hydrogen) atoms. The van der Waals surface area contributed by atoms with Gasteiger partial charge in [-0.15, -0.1) is 0 Å². The van der Waals surface area contributed by atoms with Crippen LogP contribution in [0, 0.1) is 17.2 Å². The summed E-state index contributed by atoms with van der Waals surface area (Å²) in [6.45, 7) is 2.83. The topological polar surface area (TPSA) is 45.0 Å². The molecular formula is C14H24N2O. The first kappa shape index (κ1) is 12.9. The molecule has 3 atom stereocenters. The first-order valence-corrected chi connectivity index (χ1v) is 7.09. The molecule has 2 aliphatic carbocycles. The van der Waals surface area contributed by atoms with Crippen molar-refractivity contribution in [1.82, 2.24) is 5.32 Å². The van der Waals surface area contributed by atoms with Gasteiger partial charge in [0.1, 0.15) is 6.04 Å². The van der Waals surface area contributed by atoms with E-state index >= 15 is 0 Å². The van der Waals surface area contributed by atoms with Gasteiger partial charge in [-0.25, -0.2) is 0 Å². The average molecular weight is 236 g/mol. The van der Waals surface area contributed by atoms with Crippen molar-refractivity contribution < 1.29 is 4.74 Å². The predicted octanol–water partition coefficient (Wildman–Crippen LogP) is 2.62. The molecule has 0 bridgehead atoms. The SMILES string of the molecule is CCC1CCCC(OCC(C#N)NC2CC2)C1. The van der Waals surface area contributed by atoms with Crippen LogP contribution in [0.3, 0.4) is 0 Å². The summed E-state index contributed by atoms with van der Waals surface area (Å²) in [5.74, 6) is 0.839. The van der Waals surface area contributed by atoms with Crippen LogP contribution >= 0.6 is 0 Å². The van der Waals surface area contributed by atoms with Gasteiger partial charge in [-0.3, -0.25) is 5.32 Å².